The molecule has 5 heteroatoms. The van der Waals surface area contributed by atoms with E-state index in [2.05, 4.69) is 9.64 Å². The first kappa shape index (κ1) is 12.2. The van der Waals surface area contributed by atoms with E-state index in [0.717, 1.165) is 24.9 Å². The van der Waals surface area contributed by atoms with Crippen molar-refractivity contribution in [3.05, 3.63) is 29.8 Å². The Kier molecular flexibility index (Phi) is 3.28. The third-order valence-corrected chi connectivity index (χ3v) is 3.00. The van der Waals surface area contributed by atoms with E-state index in [-0.39, 0.29) is 11.8 Å². The van der Waals surface area contributed by atoms with Crippen LogP contribution in [0.3, 0.4) is 0 Å². The Morgan fingerprint density at radius 2 is 2.12 bits per heavy atom. The quantitative estimate of drug-likeness (QED) is 0.792. The first-order valence-corrected chi connectivity index (χ1v) is 5.52. The van der Waals surface area contributed by atoms with Crippen LogP contribution in [-0.2, 0) is 0 Å². The fourth-order valence-electron chi connectivity index (χ4n) is 2.25. The Bertz CT molecular complexity index is 392. The van der Waals surface area contributed by atoms with E-state index in [1.54, 1.807) is 6.07 Å². The molecule has 0 N–H and O–H groups in total. The fraction of sp³-hybridized carbons (Fsp3) is 0.500. The highest BCUT2D eigenvalue weighted by Gasteiger charge is 2.31. The molecule has 1 aromatic rings. The number of alkyl halides is 3. The third kappa shape index (κ3) is 3.12. The number of rotatable bonds is 2. The molecule has 1 aliphatic rings. The van der Waals surface area contributed by atoms with Crippen LogP contribution in [0.25, 0.3) is 0 Å². The molecule has 17 heavy (non-hydrogen) atoms. The van der Waals surface area contributed by atoms with Crippen molar-refractivity contribution in [1.82, 2.24) is 4.90 Å². The highest BCUT2D eigenvalue weighted by Crippen LogP contribution is 2.33. The lowest BCUT2D eigenvalue weighted by Gasteiger charge is -2.20. The maximum atomic E-state index is 12.1. The highest BCUT2D eigenvalue weighted by atomic mass is 19.4. The number of hydrogen-bond acceptors (Lipinski definition) is 2. The smallest absolute Gasteiger partial charge is 0.406 e. The maximum absolute atomic E-state index is 12.1. The largest absolute Gasteiger partial charge is 0.573 e. The van der Waals surface area contributed by atoms with Crippen LogP contribution < -0.4 is 4.74 Å². The summed E-state index contributed by atoms with van der Waals surface area (Å²) in [4.78, 5) is 2.15. The van der Waals surface area contributed by atoms with Gasteiger partial charge in [0.2, 0.25) is 0 Å². The Balaban J connectivity index is 2.16. The van der Waals surface area contributed by atoms with Gasteiger partial charge in [-0.1, -0.05) is 12.1 Å². The van der Waals surface area contributed by atoms with Gasteiger partial charge in [-0.25, -0.2) is 0 Å². The summed E-state index contributed by atoms with van der Waals surface area (Å²) < 4.78 is 40.2. The van der Waals surface area contributed by atoms with Crippen molar-refractivity contribution in [2.45, 2.75) is 25.2 Å². The van der Waals surface area contributed by atoms with Crippen molar-refractivity contribution in [3.63, 3.8) is 0 Å². The summed E-state index contributed by atoms with van der Waals surface area (Å²) in [6, 6.07) is 6.44. The molecule has 2 rings (SSSR count). The lowest BCUT2D eigenvalue weighted by molar-refractivity contribution is -0.274. The minimum atomic E-state index is -4.62. The minimum absolute atomic E-state index is 0.143. The highest BCUT2D eigenvalue weighted by molar-refractivity contribution is 5.31. The van der Waals surface area contributed by atoms with Crippen molar-refractivity contribution in [2.24, 2.45) is 0 Å². The molecule has 94 valence electrons. The molecule has 1 aromatic carbocycles. The molecule has 0 radical (unpaired) electrons. The Labute approximate surface area is 98.0 Å². The molecule has 1 aliphatic heterocycles. The van der Waals surface area contributed by atoms with E-state index in [1.165, 1.54) is 12.1 Å². The topological polar surface area (TPSA) is 12.5 Å². The van der Waals surface area contributed by atoms with Gasteiger partial charge >= 0.3 is 6.36 Å². The maximum Gasteiger partial charge on any atom is 0.573 e. The summed E-state index contributed by atoms with van der Waals surface area (Å²) in [5.74, 6) is -0.143. The Morgan fingerprint density at radius 1 is 1.35 bits per heavy atom. The van der Waals surface area contributed by atoms with Crippen LogP contribution in [0.5, 0.6) is 5.75 Å². The second-order valence-electron chi connectivity index (χ2n) is 4.26. The van der Waals surface area contributed by atoms with Crippen LogP contribution >= 0.6 is 0 Å². The normalized spacial score (nSPS) is 21.8. The van der Waals surface area contributed by atoms with Crippen molar-refractivity contribution in [3.8, 4) is 5.75 Å². The van der Waals surface area contributed by atoms with Crippen LogP contribution in [0.2, 0.25) is 0 Å². The molecular formula is C12H14F3NO. The van der Waals surface area contributed by atoms with Gasteiger partial charge in [-0.15, -0.1) is 13.2 Å². The molecule has 0 aliphatic carbocycles. The first-order chi connectivity index (χ1) is 7.96. The predicted molar refractivity (Wildman–Crippen MR) is 57.7 cm³/mol. The average Bonchev–Trinajstić information content (AvgIpc) is 2.62. The van der Waals surface area contributed by atoms with Crippen molar-refractivity contribution in [2.75, 3.05) is 13.6 Å². The Hall–Kier alpha value is -1.23. The van der Waals surface area contributed by atoms with Crippen molar-refractivity contribution >= 4 is 0 Å². The third-order valence-electron chi connectivity index (χ3n) is 3.00. The first-order valence-electron chi connectivity index (χ1n) is 5.52. The van der Waals surface area contributed by atoms with Crippen molar-refractivity contribution in [1.29, 1.82) is 0 Å². The summed E-state index contributed by atoms with van der Waals surface area (Å²) in [6.07, 6.45) is -2.57. The van der Waals surface area contributed by atoms with E-state index < -0.39 is 6.36 Å². The molecule has 0 spiro atoms. The van der Waals surface area contributed by atoms with Gasteiger partial charge in [-0.05, 0) is 44.1 Å². The van der Waals surface area contributed by atoms with E-state index >= 15 is 0 Å². The SMILES string of the molecule is CN1CCCC1c1cccc(OC(F)(F)F)c1. The molecule has 1 fully saturated rings. The van der Waals surface area contributed by atoms with Gasteiger partial charge in [0.15, 0.2) is 0 Å². The zero-order valence-electron chi connectivity index (χ0n) is 9.50. The van der Waals surface area contributed by atoms with Gasteiger partial charge in [-0.2, -0.15) is 0 Å². The average molecular weight is 245 g/mol. The van der Waals surface area contributed by atoms with Crippen LogP contribution in [0.1, 0.15) is 24.4 Å². The lowest BCUT2D eigenvalue weighted by Crippen LogP contribution is -2.19. The van der Waals surface area contributed by atoms with E-state index in [4.69, 9.17) is 0 Å². The summed E-state index contributed by atoms with van der Waals surface area (Å²) in [5, 5.41) is 0. The van der Waals surface area contributed by atoms with Crippen LogP contribution in [0.15, 0.2) is 24.3 Å². The van der Waals surface area contributed by atoms with Gasteiger partial charge in [0.05, 0.1) is 0 Å². The number of nitrogens with zero attached hydrogens (tertiary/aromatic N) is 1. The van der Waals surface area contributed by atoms with E-state index in [0.29, 0.717) is 0 Å². The van der Waals surface area contributed by atoms with Crippen molar-refractivity contribution < 1.29 is 17.9 Å². The molecule has 1 saturated heterocycles. The number of hydrogen-bond donors (Lipinski definition) is 0. The predicted octanol–water partition coefficient (Wildman–Crippen LogP) is 3.35. The van der Waals surface area contributed by atoms with Crippen LogP contribution in [-0.4, -0.2) is 24.9 Å². The van der Waals surface area contributed by atoms with Gasteiger partial charge in [0, 0.05) is 6.04 Å². The second-order valence-corrected chi connectivity index (χ2v) is 4.26. The monoisotopic (exact) mass is 245 g/mol. The molecule has 0 bridgehead atoms. The molecule has 1 atom stereocenters. The van der Waals surface area contributed by atoms with E-state index in [1.807, 2.05) is 13.1 Å². The Morgan fingerprint density at radius 3 is 2.71 bits per heavy atom. The number of halogens is 3. The van der Waals surface area contributed by atoms with Gasteiger partial charge in [0.25, 0.3) is 0 Å². The van der Waals surface area contributed by atoms with Gasteiger partial charge in [-0.3, -0.25) is 4.90 Å². The van der Waals surface area contributed by atoms with Gasteiger partial charge < -0.3 is 4.74 Å². The summed E-state index contributed by atoms with van der Waals surface area (Å²) in [6.45, 7) is 0.981. The summed E-state index contributed by atoms with van der Waals surface area (Å²) >= 11 is 0. The molecule has 0 amide bonds. The molecule has 2 nitrogen and oxygen atoms in total. The van der Waals surface area contributed by atoms with Crippen LogP contribution in [0, 0.1) is 0 Å². The zero-order chi connectivity index (χ0) is 12.5. The number of likely N-dealkylation sites (tertiary alicyclic amines) is 1. The standard InChI is InChI=1S/C12H14F3NO/c1-16-7-3-6-11(16)9-4-2-5-10(8-9)17-12(13,14)15/h2,4-5,8,11H,3,6-7H2,1H3. The molecular weight excluding hydrogens is 231 g/mol. The molecule has 1 heterocycles. The molecule has 1 unspecified atom stereocenters. The molecule has 0 aromatic heterocycles. The lowest BCUT2D eigenvalue weighted by atomic mass is 10.0. The fourth-order valence-corrected chi connectivity index (χ4v) is 2.25. The van der Waals surface area contributed by atoms with Crippen LogP contribution in [0.4, 0.5) is 13.2 Å². The minimum Gasteiger partial charge on any atom is -0.406 e. The summed E-state index contributed by atoms with van der Waals surface area (Å²) in [7, 11) is 1.98. The zero-order valence-corrected chi connectivity index (χ0v) is 9.50. The van der Waals surface area contributed by atoms with E-state index in [9.17, 15) is 13.2 Å². The summed E-state index contributed by atoms with van der Waals surface area (Å²) in [5.41, 5.74) is 0.881. The number of ether oxygens (including phenoxy) is 1. The number of benzene rings is 1. The van der Waals surface area contributed by atoms with Gasteiger partial charge in [0.1, 0.15) is 5.75 Å². The molecule has 0 saturated carbocycles. The second kappa shape index (κ2) is 4.56.